The predicted molar refractivity (Wildman–Crippen MR) is 125 cm³/mol. The molecule has 2 aromatic heterocycles. The molecule has 188 valence electrons. The fourth-order valence-electron chi connectivity index (χ4n) is 4.32. The van der Waals surface area contributed by atoms with Gasteiger partial charge in [-0.05, 0) is 53.4 Å². The maximum absolute atomic E-state index is 13.6. The lowest BCUT2D eigenvalue weighted by Crippen LogP contribution is -2.35. The molecule has 0 spiro atoms. The Morgan fingerprint density at radius 3 is 2.47 bits per heavy atom. The molecular weight excluding hydrogens is 460 g/mol. The van der Waals surface area contributed by atoms with E-state index in [1.807, 2.05) is 25.3 Å². The zero-order valence-electron chi connectivity index (χ0n) is 20.2. The first-order valence-corrected chi connectivity index (χ1v) is 13.4. The highest BCUT2D eigenvalue weighted by Gasteiger charge is 2.36. The lowest BCUT2D eigenvalue weighted by atomic mass is 10.1. The lowest BCUT2D eigenvalue weighted by molar-refractivity contribution is 0.00394. The number of hydrogen-bond acceptors (Lipinski definition) is 9. The molecule has 2 aromatic rings. The van der Waals surface area contributed by atoms with Crippen molar-refractivity contribution in [3.8, 4) is 0 Å². The number of nitrogens with zero attached hydrogens (tertiary/aromatic N) is 5. The van der Waals surface area contributed by atoms with Crippen LogP contribution in [0, 0.1) is 6.92 Å². The van der Waals surface area contributed by atoms with Gasteiger partial charge in [0.15, 0.2) is 5.82 Å². The zero-order valence-corrected chi connectivity index (χ0v) is 21.0. The van der Waals surface area contributed by atoms with Crippen LogP contribution in [0.1, 0.15) is 81.9 Å². The van der Waals surface area contributed by atoms with Gasteiger partial charge in [0.05, 0.1) is 23.7 Å². The molecule has 2 aliphatic rings. The molecule has 0 aromatic carbocycles. The van der Waals surface area contributed by atoms with Crippen molar-refractivity contribution in [1.29, 1.82) is 0 Å². The predicted octanol–water partition coefficient (Wildman–Crippen LogP) is 2.88. The summed E-state index contributed by atoms with van der Waals surface area (Å²) in [6.45, 7) is 9.02. The largest absolute Gasteiger partial charge is 0.381 e. The van der Waals surface area contributed by atoms with Crippen LogP contribution < -0.4 is 4.72 Å². The van der Waals surface area contributed by atoms with Crippen LogP contribution in [0.15, 0.2) is 12.4 Å². The van der Waals surface area contributed by atoms with Crippen LogP contribution in [-0.4, -0.2) is 64.3 Å². The second-order valence-corrected chi connectivity index (χ2v) is 11.2. The van der Waals surface area contributed by atoms with Crippen LogP contribution in [0.3, 0.4) is 0 Å². The van der Waals surface area contributed by atoms with Crippen molar-refractivity contribution in [1.82, 2.24) is 24.7 Å². The average molecular weight is 495 g/mol. The van der Waals surface area contributed by atoms with Crippen LogP contribution in [0.25, 0.3) is 0 Å². The minimum Gasteiger partial charge on any atom is -0.381 e. The Morgan fingerprint density at radius 1 is 1.09 bits per heavy atom. The van der Waals surface area contributed by atoms with Crippen LogP contribution in [0.2, 0.25) is 0 Å². The first-order valence-electron chi connectivity index (χ1n) is 11.9. The molecule has 34 heavy (non-hydrogen) atoms. The van der Waals surface area contributed by atoms with E-state index in [9.17, 15) is 8.42 Å². The van der Waals surface area contributed by atoms with Crippen LogP contribution >= 0.6 is 0 Å². The molecule has 0 amide bonds. The molecule has 11 nitrogen and oxygen atoms in total. The molecule has 4 heterocycles. The van der Waals surface area contributed by atoms with Gasteiger partial charge in [0, 0.05) is 32.1 Å². The number of anilines is 1. The van der Waals surface area contributed by atoms with Crippen molar-refractivity contribution in [2.45, 2.75) is 83.0 Å². The fourth-order valence-corrected chi connectivity index (χ4v) is 5.43. The number of ether oxygens (including phenoxy) is 3. The van der Waals surface area contributed by atoms with Gasteiger partial charge >= 0.3 is 0 Å². The summed E-state index contributed by atoms with van der Waals surface area (Å²) in [5.74, 6) is 0.858. The summed E-state index contributed by atoms with van der Waals surface area (Å²) < 4.78 is 49.1. The van der Waals surface area contributed by atoms with E-state index in [1.165, 1.54) is 0 Å². The van der Waals surface area contributed by atoms with E-state index in [0.717, 1.165) is 31.4 Å². The Morgan fingerprint density at radius 2 is 1.85 bits per heavy atom. The van der Waals surface area contributed by atoms with Crippen LogP contribution in [-0.2, 0) is 24.2 Å². The minimum atomic E-state index is -3.93. The fraction of sp³-hybridized carbons (Fsp3) is 0.727. The smallest absolute Gasteiger partial charge is 0.240 e. The maximum atomic E-state index is 13.6. The summed E-state index contributed by atoms with van der Waals surface area (Å²) in [7, 11) is -3.93. The monoisotopic (exact) mass is 494 g/mol. The Labute approximate surface area is 200 Å². The SMILES string of the molecule is Cc1cnc([C@H](OC(C)C)[C@H](C)S(=O)(=O)Nc2nnc(C3CCCO3)n2C2CCOCC2)cn1. The molecule has 2 aliphatic heterocycles. The number of aromatic nitrogens is 5. The van der Waals surface area contributed by atoms with Gasteiger partial charge in [-0.1, -0.05) is 0 Å². The molecule has 2 fully saturated rings. The van der Waals surface area contributed by atoms with Crippen LogP contribution in [0.5, 0.6) is 0 Å². The summed E-state index contributed by atoms with van der Waals surface area (Å²) in [5.41, 5.74) is 1.20. The van der Waals surface area contributed by atoms with Gasteiger partial charge in [-0.25, -0.2) is 8.42 Å². The second-order valence-electron chi connectivity index (χ2n) is 9.14. The molecule has 0 saturated carbocycles. The van der Waals surface area contributed by atoms with E-state index in [0.29, 0.717) is 31.3 Å². The van der Waals surface area contributed by atoms with E-state index in [4.69, 9.17) is 14.2 Å². The van der Waals surface area contributed by atoms with E-state index in [2.05, 4.69) is 24.9 Å². The van der Waals surface area contributed by atoms with Gasteiger partial charge in [0.25, 0.3) is 0 Å². The van der Waals surface area contributed by atoms with E-state index in [1.54, 1.807) is 19.3 Å². The third-order valence-electron chi connectivity index (χ3n) is 6.16. The van der Waals surface area contributed by atoms with Crippen LogP contribution in [0.4, 0.5) is 5.95 Å². The second kappa shape index (κ2) is 10.6. The van der Waals surface area contributed by atoms with Crippen molar-refractivity contribution >= 4 is 16.0 Å². The van der Waals surface area contributed by atoms with Gasteiger partial charge < -0.3 is 14.2 Å². The third-order valence-corrected chi connectivity index (χ3v) is 7.85. The number of rotatable bonds is 9. The van der Waals surface area contributed by atoms with E-state index in [-0.39, 0.29) is 24.2 Å². The summed E-state index contributed by atoms with van der Waals surface area (Å²) in [4.78, 5) is 8.65. The lowest BCUT2D eigenvalue weighted by Gasteiger charge is -2.28. The summed E-state index contributed by atoms with van der Waals surface area (Å²) in [6, 6.07) is 0.0293. The highest BCUT2D eigenvalue weighted by atomic mass is 32.2. The van der Waals surface area contributed by atoms with Gasteiger partial charge in [0.2, 0.25) is 16.0 Å². The summed E-state index contributed by atoms with van der Waals surface area (Å²) in [5, 5.41) is 7.63. The average Bonchev–Trinajstić information content (AvgIpc) is 3.48. The summed E-state index contributed by atoms with van der Waals surface area (Å²) >= 11 is 0. The Balaban J connectivity index is 1.64. The summed E-state index contributed by atoms with van der Waals surface area (Å²) in [6.07, 6.45) is 5.25. The van der Waals surface area contributed by atoms with Crippen molar-refractivity contribution in [2.75, 3.05) is 24.5 Å². The molecule has 0 bridgehead atoms. The molecule has 4 rings (SSSR count). The van der Waals surface area contributed by atoms with Crippen molar-refractivity contribution in [3.05, 3.63) is 29.6 Å². The first kappa shape index (κ1) is 25.0. The first-order chi connectivity index (χ1) is 16.3. The Kier molecular flexibility index (Phi) is 7.80. The molecule has 12 heteroatoms. The topological polar surface area (TPSA) is 130 Å². The molecule has 3 atom stereocenters. The number of aryl methyl sites for hydroxylation is 1. The maximum Gasteiger partial charge on any atom is 0.240 e. The number of nitrogens with one attached hydrogen (secondary N) is 1. The minimum absolute atomic E-state index is 0.0293. The molecule has 2 saturated heterocycles. The van der Waals surface area contributed by atoms with Gasteiger partial charge in [-0.15, -0.1) is 10.2 Å². The molecular formula is C22H34N6O5S. The molecule has 1 unspecified atom stereocenters. The van der Waals surface area contributed by atoms with E-state index >= 15 is 0 Å². The highest BCUT2D eigenvalue weighted by molar-refractivity contribution is 7.93. The highest BCUT2D eigenvalue weighted by Crippen LogP contribution is 2.35. The zero-order chi connectivity index (χ0) is 24.3. The Bertz CT molecular complexity index is 1050. The van der Waals surface area contributed by atoms with E-state index < -0.39 is 21.4 Å². The molecule has 1 N–H and O–H groups in total. The van der Waals surface area contributed by atoms with Crippen molar-refractivity contribution < 1.29 is 22.6 Å². The molecule has 0 radical (unpaired) electrons. The van der Waals surface area contributed by atoms with Gasteiger partial charge in [0.1, 0.15) is 17.5 Å². The number of sulfonamides is 1. The number of hydrogen-bond donors (Lipinski definition) is 1. The van der Waals surface area contributed by atoms with Gasteiger partial charge in [-0.3, -0.25) is 19.3 Å². The quantitative estimate of drug-likeness (QED) is 0.559. The van der Waals surface area contributed by atoms with Gasteiger partial charge in [-0.2, -0.15) is 0 Å². The van der Waals surface area contributed by atoms with Crippen molar-refractivity contribution in [3.63, 3.8) is 0 Å². The standard InChI is InChI=1S/C22H34N6O5S/c1-14(2)33-20(18-13-23-15(3)12-24-18)16(4)34(29,30)27-22-26-25-21(19-6-5-9-32-19)28(22)17-7-10-31-11-8-17/h12-14,16-17,19-20H,5-11H2,1-4H3,(H,26,27)/t16-,19?,20+/m0/s1. The molecule has 0 aliphatic carbocycles. The van der Waals surface area contributed by atoms with Crippen molar-refractivity contribution in [2.24, 2.45) is 0 Å². The Hall–Kier alpha value is -2.15. The third kappa shape index (κ3) is 5.56. The normalized spacial score (nSPS) is 21.6.